The molecule has 0 radical (unpaired) electrons. The van der Waals surface area contributed by atoms with E-state index >= 15 is 0 Å². The van der Waals surface area contributed by atoms with Gasteiger partial charge in [0.25, 0.3) is 0 Å². The lowest BCUT2D eigenvalue weighted by Gasteiger charge is -2.16. The molecular formula is C10H15N3O2. The quantitative estimate of drug-likeness (QED) is 0.720. The Morgan fingerprint density at radius 1 is 1.33 bits per heavy atom. The van der Waals surface area contributed by atoms with Gasteiger partial charge in [-0.05, 0) is 6.42 Å². The standard InChI is InChI=1S/C10H15N3O2/c14-6-8-1-2-13(5-8)10-4-11-9(7-15)3-12-10/h3-4,8,14-15H,1-2,5-7H2. The van der Waals surface area contributed by atoms with E-state index in [0.717, 1.165) is 25.3 Å². The average Bonchev–Trinajstić information content (AvgIpc) is 2.78. The second-order valence-corrected chi connectivity index (χ2v) is 3.81. The van der Waals surface area contributed by atoms with Crippen molar-refractivity contribution < 1.29 is 10.2 Å². The first-order valence-corrected chi connectivity index (χ1v) is 5.11. The van der Waals surface area contributed by atoms with Gasteiger partial charge in [0.2, 0.25) is 0 Å². The molecular weight excluding hydrogens is 194 g/mol. The first kappa shape index (κ1) is 10.3. The van der Waals surface area contributed by atoms with Gasteiger partial charge in [0.05, 0.1) is 24.7 Å². The Labute approximate surface area is 88.4 Å². The van der Waals surface area contributed by atoms with Gasteiger partial charge in [-0.3, -0.25) is 4.98 Å². The number of rotatable bonds is 3. The summed E-state index contributed by atoms with van der Waals surface area (Å²) < 4.78 is 0. The summed E-state index contributed by atoms with van der Waals surface area (Å²) >= 11 is 0. The molecule has 0 bridgehead atoms. The fourth-order valence-electron chi connectivity index (χ4n) is 1.78. The van der Waals surface area contributed by atoms with E-state index in [-0.39, 0.29) is 13.2 Å². The summed E-state index contributed by atoms with van der Waals surface area (Å²) in [6.45, 7) is 1.91. The predicted octanol–water partition coefficient (Wildman–Crippen LogP) is -0.213. The molecule has 1 fully saturated rings. The van der Waals surface area contributed by atoms with Crippen molar-refractivity contribution >= 4 is 5.82 Å². The lowest BCUT2D eigenvalue weighted by molar-refractivity contribution is 0.238. The van der Waals surface area contributed by atoms with Crippen molar-refractivity contribution in [3.8, 4) is 0 Å². The second kappa shape index (κ2) is 4.55. The van der Waals surface area contributed by atoms with Gasteiger partial charge in [-0.15, -0.1) is 0 Å². The third kappa shape index (κ3) is 2.24. The van der Waals surface area contributed by atoms with Crippen LogP contribution in [0.2, 0.25) is 0 Å². The van der Waals surface area contributed by atoms with Crippen molar-refractivity contribution in [2.45, 2.75) is 13.0 Å². The van der Waals surface area contributed by atoms with E-state index in [1.54, 1.807) is 12.4 Å². The lowest BCUT2D eigenvalue weighted by Crippen LogP contribution is -2.21. The monoisotopic (exact) mass is 209 g/mol. The van der Waals surface area contributed by atoms with E-state index in [1.807, 2.05) is 0 Å². The largest absolute Gasteiger partial charge is 0.396 e. The normalized spacial score (nSPS) is 20.9. The van der Waals surface area contributed by atoms with Gasteiger partial charge < -0.3 is 15.1 Å². The predicted molar refractivity (Wildman–Crippen MR) is 55.4 cm³/mol. The van der Waals surface area contributed by atoms with E-state index < -0.39 is 0 Å². The van der Waals surface area contributed by atoms with Crippen LogP contribution in [0.4, 0.5) is 5.82 Å². The molecule has 2 heterocycles. The highest BCUT2D eigenvalue weighted by Gasteiger charge is 2.22. The Kier molecular flexibility index (Phi) is 3.13. The summed E-state index contributed by atoms with van der Waals surface area (Å²) in [6, 6.07) is 0. The van der Waals surface area contributed by atoms with Crippen molar-refractivity contribution in [1.82, 2.24) is 9.97 Å². The van der Waals surface area contributed by atoms with Gasteiger partial charge >= 0.3 is 0 Å². The number of aliphatic hydroxyl groups is 2. The first-order chi connectivity index (χ1) is 7.33. The van der Waals surface area contributed by atoms with Gasteiger partial charge in [0.1, 0.15) is 5.82 Å². The summed E-state index contributed by atoms with van der Waals surface area (Å²) in [6.07, 6.45) is 4.26. The summed E-state index contributed by atoms with van der Waals surface area (Å²) in [5.74, 6) is 1.17. The van der Waals surface area contributed by atoms with Crippen LogP contribution in [0.15, 0.2) is 12.4 Å². The van der Waals surface area contributed by atoms with Crippen molar-refractivity contribution in [1.29, 1.82) is 0 Å². The maximum Gasteiger partial charge on any atom is 0.147 e. The zero-order valence-electron chi connectivity index (χ0n) is 8.50. The molecule has 1 aromatic rings. The van der Waals surface area contributed by atoms with Crippen LogP contribution < -0.4 is 4.90 Å². The fraction of sp³-hybridized carbons (Fsp3) is 0.600. The molecule has 1 aliphatic rings. The minimum Gasteiger partial charge on any atom is -0.396 e. The molecule has 1 unspecified atom stereocenters. The highest BCUT2D eigenvalue weighted by atomic mass is 16.3. The maximum atomic E-state index is 9.02. The average molecular weight is 209 g/mol. The minimum absolute atomic E-state index is 0.0768. The first-order valence-electron chi connectivity index (χ1n) is 5.11. The van der Waals surface area contributed by atoms with E-state index in [9.17, 15) is 0 Å². The number of nitrogens with zero attached hydrogens (tertiary/aromatic N) is 3. The highest BCUT2D eigenvalue weighted by Crippen LogP contribution is 2.20. The van der Waals surface area contributed by atoms with Crippen LogP contribution in [-0.4, -0.2) is 39.9 Å². The second-order valence-electron chi connectivity index (χ2n) is 3.81. The molecule has 0 aliphatic carbocycles. The SMILES string of the molecule is OCc1cnc(N2CCC(CO)C2)cn1. The third-order valence-electron chi connectivity index (χ3n) is 2.72. The molecule has 15 heavy (non-hydrogen) atoms. The Morgan fingerprint density at radius 3 is 2.73 bits per heavy atom. The third-order valence-corrected chi connectivity index (χ3v) is 2.72. The van der Waals surface area contributed by atoms with E-state index in [2.05, 4.69) is 14.9 Å². The van der Waals surface area contributed by atoms with Crippen LogP contribution in [0.25, 0.3) is 0 Å². The fourth-order valence-corrected chi connectivity index (χ4v) is 1.78. The van der Waals surface area contributed by atoms with Crippen LogP contribution in [0, 0.1) is 5.92 Å². The molecule has 5 heteroatoms. The van der Waals surface area contributed by atoms with Gasteiger partial charge in [-0.2, -0.15) is 0 Å². The zero-order valence-corrected chi connectivity index (χ0v) is 8.50. The summed E-state index contributed by atoms with van der Waals surface area (Å²) in [5.41, 5.74) is 0.580. The van der Waals surface area contributed by atoms with Gasteiger partial charge in [-0.1, -0.05) is 0 Å². The molecule has 0 saturated carbocycles. The molecule has 1 saturated heterocycles. The number of aromatic nitrogens is 2. The Morgan fingerprint density at radius 2 is 2.20 bits per heavy atom. The highest BCUT2D eigenvalue weighted by molar-refractivity contribution is 5.37. The van der Waals surface area contributed by atoms with Crippen LogP contribution in [0.3, 0.4) is 0 Å². The Hall–Kier alpha value is -1.20. The summed E-state index contributed by atoms with van der Waals surface area (Å²) in [4.78, 5) is 10.4. The van der Waals surface area contributed by atoms with Crippen molar-refractivity contribution in [3.05, 3.63) is 18.1 Å². The molecule has 0 spiro atoms. The summed E-state index contributed by atoms with van der Waals surface area (Å²) in [5, 5.41) is 17.8. The van der Waals surface area contributed by atoms with Crippen LogP contribution >= 0.6 is 0 Å². The molecule has 5 nitrogen and oxygen atoms in total. The molecule has 82 valence electrons. The number of hydrogen-bond acceptors (Lipinski definition) is 5. The topological polar surface area (TPSA) is 69.5 Å². The minimum atomic E-state index is -0.0768. The van der Waals surface area contributed by atoms with E-state index in [1.165, 1.54) is 0 Å². The van der Waals surface area contributed by atoms with Crippen LogP contribution in [-0.2, 0) is 6.61 Å². The number of aliphatic hydroxyl groups excluding tert-OH is 2. The van der Waals surface area contributed by atoms with Gasteiger partial charge in [-0.25, -0.2) is 4.98 Å². The number of hydrogen-bond donors (Lipinski definition) is 2. The van der Waals surface area contributed by atoms with Gasteiger partial charge in [0.15, 0.2) is 0 Å². The maximum absolute atomic E-state index is 9.02. The molecule has 1 aliphatic heterocycles. The lowest BCUT2D eigenvalue weighted by atomic mass is 10.1. The summed E-state index contributed by atoms with van der Waals surface area (Å²) in [7, 11) is 0. The molecule has 2 rings (SSSR count). The van der Waals surface area contributed by atoms with Gasteiger partial charge in [0, 0.05) is 25.6 Å². The molecule has 1 atom stereocenters. The Balaban J connectivity index is 2.04. The van der Waals surface area contributed by atoms with Crippen molar-refractivity contribution in [2.75, 3.05) is 24.6 Å². The van der Waals surface area contributed by atoms with Crippen LogP contribution in [0.1, 0.15) is 12.1 Å². The smallest absolute Gasteiger partial charge is 0.147 e. The molecule has 0 amide bonds. The molecule has 0 aromatic carbocycles. The van der Waals surface area contributed by atoms with E-state index in [0.29, 0.717) is 11.6 Å². The molecule has 2 N–H and O–H groups in total. The van der Waals surface area contributed by atoms with Crippen LogP contribution in [0.5, 0.6) is 0 Å². The molecule has 1 aromatic heterocycles. The van der Waals surface area contributed by atoms with Crippen molar-refractivity contribution in [2.24, 2.45) is 5.92 Å². The number of anilines is 1. The van der Waals surface area contributed by atoms with Crippen molar-refractivity contribution in [3.63, 3.8) is 0 Å². The zero-order chi connectivity index (χ0) is 10.7. The van der Waals surface area contributed by atoms with E-state index in [4.69, 9.17) is 10.2 Å². The Bertz CT molecular complexity index is 315.